The number of nitrogens with zero attached hydrogens (tertiary/aromatic N) is 1. The monoisotopic (exact) mass is 151 g/mol. The second kappa shape index (κ2) is 3.05. The highest BCUT2D eigenvalue weighted by atomic mass is 14.9. The molecule has 3 nitrogen and oxygen atoms in total. The van der Waals surface area contributed by atoms with Crippen LogP contribution in [0, 0.1) is 0 Å². The second-order valence-electron chi connectivity index (χ2n) is 3.06. The van der Waals surface area contributed by atoms with Gasteiger partial charge in [-0.05, 0) is 12.8 Å². The first kappa shape index (κ1) is 6.85. The number of imidazole rings is 1. The summed E-state index contributed by atoms with van der Waals surface area (Å²) in [6.45, 7) is 1.08. The molecule has 1 aromatic rings. The molecule has 0 saturated heterocycles. The van der Waals surface area contributed by atoms with E-state index in [-0.39, 0.29) is 0 Å². The van der Waals surface area contributed by atoms with E-state index in [2.05, 4.69) is 15.3 Å². The Hall–Kier alpha value is -0.830. The summed E-state index contributed by atoms with van der Waals surface area (Å²) in [5.74, 6) is 0. The molecule has 0 spiro atoms. The molecule has 0 bridgehead atoms. The lowest BCUT2D eigenvalue weighted by molar-refractivity contribution is 0.676. The highest BCUT2D eigenvalue weighted by Gasteiger charge is 2.19. The molecule has 1 aliphatic rings. The van der Waals surface area contributed by atoms with Crippen LogP contribution in [0.15, 0.2) is 12.5 Å². The molecule has 0 atom stereocenters. The van der Waals surface area contributed by atoms with E-state index in [1.165, 1.54) is 18.5 Å². The number of hydrogen-bond donors (Lipinski definition) is 2. The first-order valence-corrected chi connectivity index (χ1v) is 4.16. The largest absolute Gasteiger partial charge is 0.348 e. The Bertz CT molecular complexity index is 201. The van der Waals surface area contributed by atoms with Crippen LogP contribution in [0.3, 0.4) is 0 Å². The summed E-state index contributed by atoms with van der Waals surface area (Å²) in [6, 6.07) is 0.818. The summed E-state index contributed by atoms with van der Waals surface area (Å²) >= 11 is 0. The van der Waals surface area contributed by atoms with Gasteiger partial charge in [-0.15, -0.1) is 0 Å². The molecule has 1 aromatic heterocycles. The van der Waals surface area contributed by atoms with Gasteiger partial charge < -0.3 is 10.3 Å². The van der Waals surface area contributed by atoms with Crippen molar-refractivity contribution >= 4 is 0 Å². The van der Waals surface area contributed by atoms with Crippen molar-refractivity contribution in [3.8, 4) is 0 Å². The normalized spacial score (nSPS) is 17.1. The second-order valence-corrected chi connectivity index (χ2v) is 3.06. The van der Waals surface area contributed by atoms with Gasteiger partial charge in [-0.2, -0.15) is 0 Å². The molecule has 60 valence electrons. The van der Waals surface area contributed by atoms with Crippen LogP contribution in [0.2, 0.25) is 0 Å². The Balaban J connectivity index is 1.66. The molecular weight excluding hydrogens is 138 g/mol. The SMILES string of the molecule is c1ncc(CCNC2CC2)[nH]1. The minimum absolute atomic E-state index is 0.818. The number of aromatic amines is 1. The molecule has 0 amide bonds. The van der Waals surface area contributed by atoms with Crippen LogP contribution < -0.4 is 5.32 Å². The van der Waals surface area contributed by atoms with Crippen LogP contribution >= 0.6 is 0 Å². The van der Waals surface area contributed by atoms with Crippen molar-refractivity contribution in [1.82, 2.24) is 15.3 Å². The molecule has 1 saturated carbocycles. The van der Waals surface area contributed by atoms with Crippen LogP contribution in [0.1, 0.15) is 18.5 Å². The summed E-state index contributed by atoms with van der Waals surface area (Å²) < 4.78 is 0. The standard InChI is InChI=1S/C8H13N3/c1-2-7(1)10-4-3-8-5-9-6-11-8/h5-7,10H,1-4H2,(H,9,11). The highest BCUT2D eigenvalue weighted by molar-refractivity contribution is 4.95. The zero-order valence-electron chi connectivity index (χ0n) is 6.51. The van der Waals surface area contributed by atoms with Crippen molar-refractivity contribution in [2.75, 3.05) is 6.54 Å². The third kappa shape index (κ3) is 2.05. The minimum Gasteiger partial charge on any atom is -0.348 e. The highest BCUT2D eigenvalue weighted by Crippen LogP contribution is 2.18. The summed E-state index contributed by atoms with van der Waals surface area (Å²) in [6.07, 6.45) is 7.41. The number of rotatable bonds is 4. The number of nitrogens with one attached hydrogen (secondary N) is 2. The first-order valence-electron chi connectivity index (χ1n) is 4.16. The van der Waals surface area contributed by atoms with E-state index in [1.54, 1.807) is 6.33 Å². The fourth-order valence-electron chi connectivity index (χ4n) is 1.12. The molecule has 0 radical (unpaired) electrons. The molecule has 3 heteroatoms. The molecule has 0 unspecified atom stereocenters. The van der Waals surface area contributed by atoms with Crippen molar-refractivity contribution in [2.45, 2.75) is 25.3 Å². The van der Waals surface area contributed by atoms with Crippen molar-refractivity contribution in [3.05, 3.63) is 18.2 Å². The fraction of sp³-hybridized carbons (Fsp3) is 0.625. The van der Waals surface area contributed by atoms with Gasteiger partial charge in [0.15, 0.2) is 0 Å². The van der Waals surface area contributed by atoms with E-state index in [1.807, 2.05) is 6.20 Å². The Labute approximate surface area is 66.2 Å². The third-order valence-electron chi connectivity index (χ3n) is 1.96. The van der Waals surface area contributed by atoms with Crippen LogP contribution in [-0.4, -0.2) is 22.6 Å². The molecular formula is C8H13N3. The molecule has 0 aliphatic heterocycles. The van der Waals surface area contributed by atoms with Gasteiger partial charge >= 0.3 is 0 Å². The van der Waals surface area contributed by atoms with Crippen LogP contribution in [0.5, 0.6) is 0 Å². The molecule has 1 heterocycles. The topological polar surface area (TPSA) is 40.7 Å². The lowest BCUT2D eigenvalue weighted by Crippen LogP contribution is -2.19. The van der Waals surface area contributed by atoms with E-state index in [9.17, 15) is 0 Å². The van der Waals surface area contributed by atoms with Gasteiger partial charge in [0, 0.05) is 30.9 Å². The van der Waals surface area contributed by atoms with E-state index >= 15 is 0 Å². The quantitative estimate of drug-likeness (QED) is 0.665. The average molecular weight is 151 g/mol. The summed E-state index contributed by atoms with van der Waals surface area (Å²) in [5.41, 5.74) is 1.22. The van der Waals surface area contributed by atoms with Crippen LogP contribution in [-0.2, 0) is 6.42 Å². The van der Waals surface area contributed by atoms with Crippen LogP contribution in [0.25, 0.3) is 0 Å². The van der Waals surface area contributed by atoms with Gasteiger partial charge in [0.2, 0.25) is 0 Å². The van der Waals surface area contributed by atoms with Crippen LogP contribution in [0.4, 0.5) is 0 Å². The van der Waals surface area contributed by atoms with E-state index in [0.29, 0.717) is 0 Å². The maximum absolute atomic E-state index is 3.95. The summed E-state index contributed by atoms with van der Waals surface area (Å²) in [5, 5.41) is 3.45. The van der Waals surface area contributed by atoms with Gasteiger partial charge in [0.1, 0.15) is 0 Å². The van der Waals surface area contributed by atoms with E-state index < -0.39 is 0 Å². The molecule has 2 N–H and O–H groups in total. The molecule has 11 heavy (non-hydrogen) atoms. The average Bonchev–Trinajstić information content (AvgIpc) is 2.66. The van der Waals surface area contributed by atoms with Crippen molar-refractivity contribution in [1.29, 1.82) is 0 Å². The molecule has 1 aliphatic carbocycles. The summed E-state index contributed by atoms with van der Waals surface area (Å²) in [7, 11) is 0. The smallest absolute Gasteiger partial charge is 0.0921 e. The number of hydrogen-bond acceptors (Lipinski definition) is 2. The lowest BCUT2D eigenvalue weighted by Gasteiger charge is -1.98. The predicted octanol–water partition coefficient (Wildman–Crippen LogP) is 0.704. The third-order valence-corrected chi connectivity index (χ3v) is 1.96. The summed E-state index contributed by atoms with van der Waals surface area (Å²) in [4.78, 5) is 7.03. The van der Waals surface area contributed by atoms with Gasteiger partial charge in [0.05, 0.1) is 6.33 Å². The van der Waals surface area contributed by atoms with Crippen molar-refractivity contribution in [3.63, 3.8) is 0 Å². The Morgan fingerprint density at radius 3 is 3.18 bits per heavy atom. The molecule has 1 fully saturated rings. The zero-order valence-corrected chi connectivity index (χ0v) is 6.51. The van der Waals surface area contributed by atoms with Crippen molar-refractivity contribution < 1.29 is 0 Å². The Morgan fingerprint density at radius 2 is 2.55 bits per heavy atom. The Kier molecular flexibility index (Phi) is 1.90. The first-order chi connectivity index (χ1) is 5.45. The van der Waals surface area contributed by atoms with Crippen molar-refractivity contribution in [2.24, 2.45) is 0 Å². The maximum atomic E-state index is 3.95. The van der Waals surface area contributed by atoms with Gasteiger partial charge in [0.25, 0.3) is 0 Å². The number of H-pyrrole nitrogens is 1. The zero-order chi connectivity index (χ0) is 7.52. The van der Waals surface area contributed by atoms with Gasteiger partial charge in [-0.3, -0.25) is 0 Å². The lowest BCUT2D eigenvalue weighted by atomic mass is 10.3. The molecule has 2 rings (SSSR count). The Morgan fingerprint density at radius 1 is 1.64 bits per heavy atom. The van der Waals surface area contributed by atoms with E-state index in [4.69, 9.17) is 0 Å². The van der Waals surface area contributed by atoms with E-state index in [0.717, 1.165) is 19.0 Å². The van der Waals surface area contributed by atoms with Gasteiger partial charge in [-0.25, -0.2) is 4.98 Å². The maximum Gasteiger partial charge on any atom is 0.0921 e. The predicted molar refractivity (Wildman–Crippen MR) is 43.3 cm³/mol. The minimum atomic E-state index is 0.818. The molecule has 0 aromatic carbocycles. The number of aromatic nitrogens is 2. The van der Waals surface area contributed by atoms with Gasteiger partial charge in [-0.1, -0.05) is 0 Å². The fourth-order valence-corrected chi connectivity index (χ4v) is 1.12.